The molecule has 1 aromatic heterocycles. The molecule has 6 nitrogen and oxygen atoms in total. The molecule has 2 aromatic rings. The van der Waals surface area contributed by atoms with E-state index >= 15 is 0 Å². The van der Waals surface area contributed by atoms with E-state index in [9.17, 15) is 4.79 Å². The van der Waals surface area contributed by atoms with E-state index in [2.05, 4.69) is 10.3 Å². The number of halogens is 3. The maximum atomic E-state index is 12.0. The lowest BCUT2D eigenvalue weighted by Crippen LogP contribution is -2.17. The monoisotopic (exact) mass is 360 g/mol. The largest absolute Gasteiger partial charge is 0.385 e. The predicted octanol–water partition coefficient (Wildman–Crippen LogP) is 3.34. The van der Waals surface area contributed by atoms with Crippen LogP contribution >= 0.6 is 34.8 Å². The minimum Gasteiger partial charge on any atom is -0.380 e. The standard InChI is InChI=1S/C13H11Cl3N4O2/c1-2-20-11(10(16)6-18-20)13(21)22-19-12(17)8-4-3-7(14)5-9(8)15/h3-6H,2H2,1H3,(H2,17,19). The summed E-state index contributed by atoms with van der Waals surface area (Å²) in [5.74, 6) is -0.828. The van der Waals surface area contributed by atoms with Crippen molar-refractivity contribution < 1.29 is 9.63 Å². The lowest BCUT2D eigenvalue weighted by molar-refractivity contribution is 0.0502. The summed E-state index contributed by atoms with van der Waals surface area (Å²) < 4.78 is 1.39. The molecule has 0 aliphatic carbocycles. The first-order chi connectivity index (χ1) is 10.4. The molecule has 2 rings (SSSR count). The Morgan fingerprint density at radius 3 is 2.73 bits per heavy atom. The van der Waals surface area contributed by atoms with Crippen LogP contribution in [0.5, 0.6) is 0 Å². The number of amidine groups is 1. The summed E-state index contributed by atoms with van der Waals surface area (Å²) in [7, 11) is 0. The van der Waals surface area contributed by atoms with E-state index in [0.29, 0.717) is 22.2 Å². The molecule has 2 N–H and O–H groups in total. The summed E-state index contributed by atoms with van der Waals surface area (Å²) >= 11 is 17.7. The minimum atomic E-state index is -0.766. The number of benzene rings is 1. The van der Waals surface area contributed by atoms with Gasteiger partial charge < -0.3 is 10.6 Å². The van der Waals surface area contributed by atoms with Crippen molar-refractivity contribution in [3.63, 3.8) is 0 Å². The Bertz CT molecular complexity index is 743. The Labute approximate surface area is 141 Å². The maximum absolute atomic E-state index is 12.0. The van der Waals surface area contributed by atoms with Crippen LogP contribution in [-0.4, -0.2) is 21.6 Å². The Morgan fingerprint density at radius 2 is 2.09 bits per heavy atom. The van der Waals surface area contributed by atoms with Gasteiger partial charge >= 0.3 is 5.97 Å². The predicted molar refractivity (Wildman–Crippen MR) is 85.5 cm³/mol. The Kier molecular flexibility index (Phi) is 5.28. The lowest BCUT2D eigenvalue weighted by atomic mass is 10.2. The van der Waals surface area contributed by atoms with Crippen LogP contribution in [0.2, 0.25) is 15.1 Å². The highest BCUT2D eigenvalue weighted by atomic mass is 35.5. The molecule has 0 aliphatic heterocycles. The summed E-state index contributed by atoms with van der Waals surface area (Å²) in [5, 5.41) is 8.43. The van der Waals surface area contributed by atoms with E-state index < -0.39 is 5.97 Å². The van der Waals surface area contributed by atoms with Crippen molar-refractivity contribution in [1.29, 1.82) is 0 Å². The van der Waals surface area contributed by atoms with Crippen LogP contribution in [0.3, 0.4) is 0 Å². The number of nitrogens with two attached hydrogens (primary N) is 1. The van der Waals surface area contributed by atoms with E-state index in [1.165, 1.54) is 16.9 Å². The topological polar surface area (TPSA) is 82.5 Å². The molecule has 0 aliphatic rings. The molecule has 0 bridgehead atoms. The smallest absolute Gasteiger partial charge is 0.380 e. The fourth-order valence-corrected chi connectivity index (χ4v) is 2.41. The van der Waals surface area contributed by atoms with Crippen LogP contribution in [0.25, 0.3) is 0 Å². The molecule has 0 unspecified atom stereocenters. The molecule has 1 heterocycles. The Balaban J connectivity index is 2.20. The molecule has 0 fully saturated rings. The zero-order valence-electron chi connectivity index (χ0n) is 11.4. The van der Waals surface area contributed by atoms with Gasteiger partial charge in [0.25, 0.3) is 0 Å². The molecule has 1 aromatic carbocycles. The van der Waals surface area contributed by atoms with Crippen LogP contribution in [-0.2, 0) is 11.4 Å². The quantitative estimate of drug-likeness (QED) is 0.392. The summed E-state index contributed by atoms with van der Waals surface area (Å²) in [4.78, 5) is 16.8. The maximum Gasteiger partial charge on any atom is 0.385 e. The van der Waals surface area contributed by atoms with E-state index in [1.807, 2.05) is 6.92 Å². The van der Waals surface area contributed by atoms with E-state index in [1.54, 1.807) is 12.1 Å². The van der Waals surface area contributed by atoms with Gasteiger partial charge in [-0.2, -0.15) is 5.10 Å². The number of carbonyl (C=O) groups is 1. The normalized spacial score (nSPS) is 11.5. The zero-order chi connectivity index (χ0) is 16.3. The van der Waals surface area contributed by atoms with Gasteiger partial charge in [-0.25, -0.2) is 4.79 Å². The lowest BCUT2D eigenvalue weighted by Gasteiger charge is -2.05. The Hall–Kier alpha value is -1.76. The van der Waals surface area contributed by atoms with Gasteiger partial charge in [0.1, 0.15) is 0 Å². The molecule has 0 saturated carbocycles. The number of hydrogen-bond donors (Lipinski definition) is 1. The average Bonchev–Trinajstić information content (AvgIpc) is 2.85. The summed E-state index contributed by atoms with van der Waals surface area (Å²) in [5.41, 5.74) is 6.24. The fraction of sp³-hybridized carbons (Fsp3) is 0.154. The van der Waals surface area contributed by atoms with Crippen LogP contribution in [0.4, 0.5) is 0 Å². The number of hydrogen-bond acceptors (Lipinski definition) is 4. The summed E-state index contributed by atoms with van der Waals surface area (Å²) in [6.07, 6.45) is 1.35. The molecule has 0 amide bonds. The van der Waals surface area contributed by atoms with E-state index in [4.69, 9.17) is 45.4 Å². The van der Waals surface area contributed by atoms with Gasteiger partial charge in [0.05, 0.1) is 16.2 Å². The molecule has 0 radical (unpaired) electrons. The molecule has 0 spiro atoms. The number of rotatable bonds is 4. The molecule has 116 valence electrons. The van der Waals surface area contributed by atoms with Crippen molar-refractivity contribution in [2.45, 2.75) is 13.5 Å². The van der Waals surface area contributed by atoms with Crippen LogP contribution in [0.15, 0.2) is 29.6 Å². The Morgan fingerprint density at radius 1 is 1.36 bits per heavy atom. The summed E-state index contributed by atoms with van der Waals surface area (Å²) in [6.45, 7) is 2.27. The first-order valence-electron chi connectivity index (χ1n) is 6.15. The molecule has 9 heteroatoms. The van der Waals surface area contributed by atoms with Crippen LogP contribution in [0, 0.1) is 0 Å². The third kappa shape index (κ3) is 3.52. The minimum absolute atomic E-state index is 0.0614. The molecular weight excluding hydrogens is 351 g/mol. The summed E-state index contributed by atoms with van der Waals surface area (Å²) in [6, 6.07) is 4.67. The van der Waals surface area contributed by atoms with Gasteiger partial charge in [0.15, 0.2) is 11.5 Å². The average molecular weight is 362 g/mol. The van der Waals surface area contributed by atoms with Crippen LogP contribution < -0.4 is 5.73 Å². The first-order valence-corrected chi connectivity index (χ1v) is 7.29. The number of aryl methyl sites for hydroxylation is 1. The van der Waals surface area contributed by atoms with Crippen molar-refractivity contribution in [1.82, 2.24) is 9.78 Å². The third-order valence-corrected chi connectivity index (χ3v) is 3.55. The molecule has 0 atom stereocenters. The zero-order valence-corrected chi connectivity index (χ0v) is 13.7. The number of carbonyl (C=O) groups excluding carboxylic acids is 1. The van der Waals surface area contributed by atoms with Crippen molar-refractivity contribution >= 4 is 46.6 Å². The van der Waals surface area contributed by atoms with Gasteiger partial charge in [-0.3, -0.25) is 4.68 Å². The van der Waals surface area contributed by atoms with Gasteiger partial charge in [0, 0.05) is 17.1 Å². The fourth-order valence-electron chi connectivity index (χ4n) is 1.69. The van der Waals surface area contributed by atoms with Gasteiger partial charge in [-0.05, 0) is 25.1 Å². The number of aromatic nitrogens is 2. The second-order valence-corrected chi connectivity index (χ2v) is 5.39. The van der Waals surface area contributed by atoms with Crippen molar-refractivity contribution in [3.8, 4) is 0 Å². The van der Waals surface area contributed by atoms with Crippen molar-refractivity contribution in [3.05, 3.63) is 50.7 Å². The second-order valence-electron chi connectivity index (χ2n) is 4.14. The van der Waals surface area contributed by atoms with Gasteiger partial charge in [0.2, 0.25) is 0 Å². The highest BCUT2D eigenvalue weighted by Gasteiger charge is 2.19. The van der Waals surface area contributed by atoms with Crippen molar-refractivity contribution in [2.75, 3.05) is 0 Å². The molecule has 22 heavy (non-hydrogen) atoms. The van der Waals surface area contributed by atoms with E-state index in [0.717, 1.165) is 0 Å². The third-order valence-electron chi connectivity index (χ3n) is 2.72. The molecule has 0 saturated heterocycles. The highest BCUT2D eigenvalue weighted by Crippen LogP contribution is 2.21. The van der Waals surface area contributed by atoms with E-state index in [-0.39, 0.29) is 16.6 Å². The number of oxime groups is 1. The second kappa shape index (κ2) is 7.00. The number of nitrogens with zero attached hydrogens (tertiary/aromatic N) is 3. The van der Waals surface area contributed by atoms with Crippen molar-refractivity contribution in [2.24, 2.45) is 10.9 Å². The van der Waals surface area contributed by atoms with Gasteiger partial charge in [-0.15, -0.1) is 0 Å². The van der Waals surface area contributed by atoms with Crippen LogP contribution in [0.1, 0.15) is 23.0 Å². The van der Waals surface area contributed by atoms with Gasteiger partial charge in [-0.1, -0.05) is 40.0 Å². The first kappa shape index (κ1) is 16.6. The SMILES string of the molecule is CCn1ncc(Cl)c1C(=O)O/N=C(\N)c1ccc(Cl)cc1Cl. The highest BCUT2D eigenvalue weighted by molar-refractivity contribution is 6.37. The molecular formula is C13H11Cl3N4O2.